The van der Waals surface area contributed by atoms with Crippen molar-refractivity contribution in [1.82, 2.24) is 0 Å². The molecule has 0 N–H and O–H groups in total. The average Bonchev–Trinajstić information content (AvgIpc) is 3.14. The highest BCUT2D eigenvalue weighted by atomic mass is 16.6. The fourth-order valence-corrected chi connectivity index (χ4v) is 6.05. The molecule has 0 radical (unpaired) electrons. The Labute approximate surface area is 247 Å². The van der Waals surface area contributed by atoms with Gasteiger partial charge in [-0.05, 0) is 50.8 Å². The molecule has 0 aliphatic heterocycles. The summed E-state index contributed by atoms with van der Waals surface area (Å²) in [6.45, 7) is 12.8. The van der Waals surface area contributed by atoms with Gasteiger partial charge in [0.1, 0.15) is 24.1 Å². The second-order valence-corrected chi connectivity index (χ2v) is 12.1. The van der Waals surface area contributed by atoms with Crippen LogP contribution in [0.3, 0.4) is 0 Å². The Hall–Kier alpha value is -3.75. The van der Waals surface area contributed by atoms with Crippen LogP contribution in [0.1, 0.15) is 78.6 Å². The zero-order chi connectivity index (χ0) is 31.4. The molecule has 3 rings (SSSR count). The number of carbonyl (C=O) groups excluding carboxylic acids is 5. The van der Waals surface area contributed by atoms with Crippen LogP contribution >= 0.6 is 0 Å². The fourth-order valence-electron chi connectivity index (χ4n) is 6.05. The van der Waals surface area contributed by atoms with E-state index in [2.05, 4.69) is 0 Å². The van der Waals surface area contributed by atoms with Gasteiger partial charge in [0.05, 0.1) is 11.5 Å². The first-order valence-electron chi connectivity index (χ1n) is 14.3. The van der Waals surface area contributed by atoms with Crippen LogP contribution in [0.4, 0.5) is 0 Å². The first kappa shape index (κ1) is 32.8. The summed E-state index contributed by atoms with van der Waals surface area (Å²) in [4.78, 5) is 64.0. The maximum Gasteiger partial charge on any atom is 0.338 e. The van der Waals surface area contributed by atoms with E-state index in [4.69, 9.17) is 18.9 Å². The summed E-state index contributed by atoms with van der Waals surface area (Å²) in [6, 6.07) is 8.52. The second kappa shape index (κ2) is 13.0. The van der Waals surface area contributed by atoms with Crippen LogP contribution < -0.4 is 0 Å². The maximum absolute atomic E-state index is 13.4. The van der Waals surface area contributed by atoms with E-state index in [1.165, 1.54) is 20.8 Å². The van der Waals surface area contributed by atoms with Crippen molar-refractivity contribution in [1.29, 1.82) is 0 Å². The molecular weight excluding hydrogens is 540 g/mol. The minimum absolute atomic E-state index is 0.0850. The standard InChI is InChI=1S/C33H42O9/c1-19-14-15-32(7,8)28(37)17-27(39-22(4)34)20(2)16-26-29(41-31(38)25-12-10-9-11-13-25)21(3)18-33(26,42-24(6)36)30(19)40-23(5)35/h9-16,19,21,26-27,29-30H,17-18H2,1-8H3/b15-14-,20-16-. The summed E-state index contributed by atoms with van der Waals surface area (Å²) in [5.74, 6) is -4.12. The molecular formula is C33H42O9. The molecule has 9 heteroatoms. The Morgan fingerprint density at radius 1 is 0.881 bits per heavy atom. The van der Waals surface area contributed by atoms with Gasteiger partial charge in [-0.25, -0.2) is 4.79 Å². The number of allylic oxidation sites excluding steroid dienone is 1. The quantitative estimate of drug-likeness (QED) is 0.263. The normalized spacial score (nSPS) is 33.0. The van der Waals surface area contributed by atoms with Crippen LogP contribution in [-0.4, -0.2) is 53.6 Å². The van der Waals surface area contributed by atoms with E-state index in [0.717, 1.165) is 0 Å². The lowest BCUT2D eigenvalue weighted by atomic mass is 9.75. The zero-order valence-electron chi connectivity index (χ0n) is 25.7. The number of hydrogen-bond acceptors (Lipinski definition) is 9. The van der Waals surface area contributed by atoms with Crippen LogP contribution in [0, 0.1) is 23.2 Å². The summed E-state index contributed by atoms with van der Waals surface area (Å²) in [7, 11) is 0. The largest absolute Gasteiger partial charge is 0.458 e. The average molecular weight is 583 g/mol. The molecule has 228 valence electrons. The van der Waals surface area contributed by atoms with Gasteiger partial charge in [-0.1, -0.05) is 50.3 Å². The first-order valence-corrected chi connectivity index (χ1v) is 14.3. The van der Waals surface area contributed by atoms with E-state index in [0.29, 0.717) is 11.1 Å². The van der Waals surface area contributed by atoms with Gasteiger partial charge < -0.3 is 18.9 Å². The van der Waals surface area contributed by atoms with E-state index >= 15 is 0 Å². The number of fused-ring (bicyclic) bond motifs is 1. The van der Waals surface area contributed by atoms with Crippen molar-refractivity contribution < 1.29 is 42.9 Å². The Kier molecular flexibility index (Phi) is 10.2. The van der Waals surface area contributed by atoms with Crippen LogP contribution in [0.5, 0.6) is 0 Å². The third kappa shape index (κ3) is 7.36. The summed E-state index contributed by atoms with van der Waals surface area (Å²) in [5, 5.41) is 0. The molecule has 2 aliphatic carbocycles. The lowest BCUT2D eigenvalue weighted by Crippen LogP contribution is -2.55. The second-order valence-electron chi connectivity index (χ2n) is 12.1. The smallest absolute Gasteiger partial charge is 0.338 e. The Morgan fingerprint density at radius 3 is 2.07 bits per heavy atom. The number of ketones is 1. The van der Waals surface area contributed by atoms with E-state index < -0.39 is 65.0 Å². The highest BCUT2D eigenvalue weighted by molar-refractivity contribution is 5.89. The number of Topliss-reactive ketones (excluding diaryl/α,β-unsaturated/α-hetero) is 1. The van der Waals surface area contributed by atoms with Crippen molar-refractivity contribution in [3.8, 4) is 0 Å². The number of rotatable bonds is 5. The van der Waals surface area contributed by atoms with Crippen LogP contribution in [0.25, 0.3) is 0 Å². The lowest BCUT2D eigenvalue weighted by Gasteiger charge is -2.43. The molecule has 42 heavy (non-hydrogen) atoms. The molecule has 1 aromatic rings. The lowest BCUT2D eigenvalue weighted by molar-refractivity contribution is -0.195. The molecule has 7 atom stereocenters. The summed E-state index contributed by atoms with van der Waals surface area (Å²) in [5.41, 5.74) is -1.51. The summed E-state index contributed by atoms with van der Waals surface area (Å²) >= 11 is 0. The Balaban J connectivity index is 2.29. The molecule has 0 heterocycles. The molecule has 0 saturated heterocycles. The van der Waals surface area contributed by atoms with E-state index in [1.807, 2.05) is 13.8 Å². The van der Waals surface area contributed by atoms with Crippen molar-refractivity contribution in [2.75, 3.05) is 0 Å². The number of esters is 4. The zero-order valence-corrected chi connectivity index (χ0v) is 25.7. The van der Waals surface area contributed by atoms with Crippen molar-refractivity contribution >= 4 is 29.7 Å². The highest BCUT2D eigenvalue weighted by Crippen LogP contribution is 2.51. The highest BCUT2D eigenvalue weighted by Gasteiger charge is 2.62. The van der Waals surface area contributed by atoms with Gasteiger partial charge >= 0.3 is 23.9 Å². The van der Waals surface area contributed by atoms with Gasteiger partial charge in [-0.15, -0.1) is 0 Å². The van der Waals surface area contributed by atoms with Crippen molar-refractivity contribution in [3.63, 3.8) is 0 Å². The number of hydrogen-bond donors (Lipinski definition) is 0. The summed E-state index contributed by atoms with van der Waals surface area (Å²) in [6.07, 6.45) is 2.67. The molecule has 2 aliphatic rings. The molecule has 0 bridgehead atoms. The molecule has 0 amide bonds. The van der Waals surface area contributed by atoms with Gasteiger partial charge in [-0.3, -0.25) is 19.2 Å². The van der Waals surface area contributed by atoms with E-state index in [9.17, 15) is 24.0 Å². The van der Waals surface area contributed by atoms with E-state index in [-0.39, 0.29) is 24.5 Å². The minimum atomic E-state index is -1.45. The molecule has 0 spiro atoms. The number of carbonyl (C=O) groups is 5. The molecule has 9 nitrogen and oxygen atoms in total. The predicted molar refractivity (Wildman–Crippen MR) is 154 cm³/mol. The topological polar surface area (TPSA) is 122 Å². The van der Waals surface area contributed by atoms with Gasteiger partial charge in [-0.2, -0.15) is 0 Å². The molecule has 1 saturated carbocycles. The Bertz CT molecular complexity index is 1260. The van der Waals surface area contributed by atoms with Crippen molar-refractivity contribution in [3.05, 3.63) is 59.7 Å². The molecule has 0 aromatic heterocycles. The minimum Gasteiger partial charge on any atom is -0.458 e. The molecule has 7 unspecified atom stereocenters. The summed E-state index contributed by atoms with van der Waals surface area (Å²) < 4.78 is 23.8. The van der Waals surface area contributed by atoms with E-state index in [1.54, 1.807) is 69.3 Å². The van der Waals surface area contributed by atoms with Crippen LogP contribution in [-0.2, 0) is 38.1 Å². The van der Waals surface area contributed by atoms with Gasteiger partial charge in [0.25, 0.3) is 0 Å². The fraction of sp³-hybridized carbons (Fsp3) is 0.545. The SMILES string of the molecule is CC(=O)OC1CC(=O)C(C)(C)/C=C\C(C)C(OC(C)=O)C2(OC(C)=O)CC(C)C(OC(=O)c3ccccc3)C2/C=C\1C. The Morgan fingerprint density at radius 2 is 1.50 bits per heavy atom. The number of benzene rings is 1. The predicted octanol–water partition coefficient (Wildman–Crippen LogP) is 5.17. The van der Waals surface area contributed by atoms with Crippen LogP contribution in [0.2, 0.25) is 0 Å². The van der Waals surface area contributed by atoms with Crippen molar-refractivity contribution in [2.24, 2.45) is 23.2 Å². The van der Waals surface area contributed by atoms with Gasteiger partial charge in [0.2, 0.25) is 0 Å². The van der Waals surface area contributed by atoms with Gasteiger partial charge in [0.15, 0.2) is 5.60 Å². The van der Waals surface area contributed by atoms with Crippen LogP contribution in [0.15, 0.2) is 54.1 Å². The molecule has 1 aromatic carbocycles. The third-order valence-corrected chi connectivity index (χ3v) is 8.12. The molecule has 1 fully saturated rings. The third-order valence-electron chi connectivity index (χ3n) is 8.12. The monoisotopic (exact) mass is 582 g/mol. The van der Waals surface area contributed by atoms with Gasteiger partial charge in [0, 0.05) is 38.5 Å². The number of ether oxygens (including phenoxy) is 4. The first-order chi connectivity index (χ1) is 19.6. The maximum atomic E-state index is 13.4. The van der Waals surface area contributed by atoms with Crippen molar-refractivity contribution in [2.45, 2.75) is 92.1 Å².